The maximum atomic E-state index is 6.25. The predicted octanol–water partition coefficient (Wildman–Crippen LogP) is 4.46. The Morgan fingerprint density at radius 2 is 2.19 bits per heavy atom. The number of hydrogen-bond donors (Lipinski definition) is 1. The van der Waals surface area contributed by atoms with Crippen LogP contribution in [0.15, 0.2) is 35.7 Å². The molecule has 0 aliphatic heterocycles. The molecule has 4 heteroatoms. The van der Waals surface area contributed by atoms with Gasteiger partial charge in [-0.3, -0.25) is 0 Å². The van der Waals surface area contributed by atoms with Gasteiger partial charge in [-0.25, -0.2) is 0 Å². The Kier molecular flexibility index (Phi) is 4.53. The third-order valence-corrected chi connectivity index (χ3v) is 4.89. The molecule has 0 spiro atoms. The highest BCUT2D eigenvalue weighted by atomic mass is 35.5. The molecule has 1 atom stereocenters. The van der Waals surface area contributed by atoms with Crippen molar-refractivity contribution in [2.75, 3.05) is 4.90 Å². The highest BCUT2D eigenvalue weighted by Gasteiger charge is 2.30. The van der Waals surface area contributed by atoms with Gasteiger partial charge in [0.05, 0.1) is 6.54 Å². The fourth-order valence-electron chi connectivity index (χ4n) is 2.69. The fraction of sp³-hybridized carbons (Fsp3) is 0.412. The zero-order valence-electron chi connectivity index (χ0n) is 12.3. The van der Waals surface area contributed by atoms with E-state index in [0.717, 1.165) is 18.0 Å². The van der Waals surface area contributed by atoms with Crippen LogP contribution in [0.25, 0.3) is 0 Å². The summed E-state index contributed by atoms with van der Waals surface area (Å²) in [6.45, 7) is 3.02. The van der Waals surface area contributed by atoms with Crippen LogP contribution in [-0.4, -0.2) is 12.1 Å². The number of hydrogen-bond acceptors (Lipinski definition) is 3. The monoisotopic (exact) mass is 320 g/mol. The summed E-state index contributed by atoms with van der Waals surface area (Å²) in [6, 6.07) is 11.3. The van der Waals surface area contributed by atoms with Crippen molar-refractivity contribution in [3.8, 4) is 0 Å². The molecule has 1 aromatic heterocycles. The van der Waals surface area contributed by atoms with E-state index < -0.39 is 0 Å². The maximum absolute atomic E-state index is 6.25. The first-order valence-corrected chi connectivity index (χ1v) is 8.72. The minimum absolute atomic E-state index is 0.160. The topological polar surface area (TPSA) is 29.3 Å². The molecule has 21 heavy (non-hydrogen) atoms. The zero-order chi connectivity index (χ0) is 14.8. The van der Waals surface area contributed by atoms with Crippen LogP contribution in [-0.2, 0) is 13.0 Å². The SMILES string of the molecule is CC(N)Cc1ccc(Cl)cc1N(Cc1cccs1)C1CC1. The van der Waals surface area contributed by atoms with Gasteiger partial charge in [-0.1, -0.05) is 23.7 Å². The van der Waals surface area contributed by atoms with Gasteiger partial charge >= 0.3 is 0 Å². The molecule has 1 aromatic carbocycles. The van der Waals surface area contributed by atoms with E-state index in [1.807, 2.05) is 17.4 Å². The summed E-state index contributed by atoms with van der Waals surface area (Å²) in [5, 5.41) is 2.94. The largest absolute Gasteiger partial charge is 0.363 e. The highest BCUT2D eigenvalue weighted by molar-refractivity contribution is 7.09. The molecule has 3 rings (SSSR count). The lowest BCUT2D eigenvalue weighted by Gasteiger charge is -2.27. The van der Waals surface area contributed by atoms with Crippen molar-refractivity contribution in [3.63, 3.8) is 0 Å². The summed E-state index contributed by atoms with van der Waals surface area (Å²) in [5.41, 5.74) is 8.57. The van der Waals surface area contributed by atoms with E-state index >= 15 is 0 Å². The van der Waals surface area contributed by atoms with Crippen molar-refractivity contribution in [2.45, 2.75) is 44.8 Å². The molecule has 1 saturated carbocycles. The van der Waals surface area contributed by atoms with Gasteiger partial charge in [0.15, 0.2) is 0 Å². The third kappa shape index (κ3) is 3.79. The van der Waals surface area contributed by atoms with Gasteiger partial charge in [-0.2, -0.15) is 0 Å². The quantitative estimate of drug-likeness (QED) is 0.851. The Hall–Kier alpha value is -1.03. The van der Waals surface area contributed by atoms with Gasteiger partial charge in [0.1, 0.15) is 0 Å². The van der Waals surface area contributed by atoms with Gasteiger partial charge < -0.3 is 10.6 Å². The number of benzene rings is 1. The summed E-state index contributed by atoms with van der Waals surface area (Å²) >= 11 is 8.06. The number of anilines is 1. The van der Waals surface area contributed by atoms with Crippen molar-refractivity contribution >= 4 is 28.6 Å². The minimum atomic E-state index is 0.160. The van der Waals surface area contributed by atoms with Crippen LogP contribution < -0.4 is 10.6 Å². The molecular weight excluding hydrogens is 300 g/mol. The van der Waals surface area contributed by atoms with E-state index in [1.165, 1.54) is 29.0 Å². The molecule has 2 N–H and O–H groups in total. The van der Waals surface area contributed by atoms with E-state index in [-0.39, 0.29) is 6.04 Å². The molecule has 1 aliphatic carbocycles. The zero-order valence-corrected chi connectivity index (χ0v) is 13.8. The van der Waals surface area contributed by atoms with E-state index in [9.17, 15) is 0 Å². The fourth-order valence-corrected chi connectivity index (χ4v) is 3.56. The van der Waals surface area contributed by atoms with Crippen LogP contribution >= 0.6 is 22.9 Å². The first-order valence-electron chi connectivity index (χ1n) is 7.46. The van der Waals surface area contributed by atoms with E-state index in [1.54, 1.807) is 0 Å². The first kappa shape index (κ1) is 14.9. The van der Waals surface area contributed by atoms with Crippen molar-refractivity contribution in [1.82, 2.24) is 0 Å². The van der Waals surface area contributed by atoms with Gasteiger partial charge in [0.2, 0.25) is 0 Å². The van der Waals surface area contributed by atoms with Gasteiger partial charge in [0, 0.05) is 27.7 Å². The van der Waals surface area contributed by atoms with E-state index in [0.29, 0.717) is 6.04 Å². The summed E-state index contributed by atoms with van der Waals surface area (Å²) in [7, 11) is 0. The van der Waals surface area contributed by atoms with Crippen LogP contribution in [0.2, 0.25) is 5.02 Å². The summed E-state index contributed by atoms with van der Waals surface area (Å²) < 4.78 is 0. The van der Waals surface area contributed by atoms with Gasteiger partial charge in [-0.15, -0.1) is 11.3 Å². The Labute approximate surface area is 135 Å². The molecule has 1 heterocycles. The molecule has 2 aromatic rings. The van der Waals surface area contributed by atoms with Gasteiger partial charge in [-0.05, 0) is 55.3 Å². The lowest BCUT2D eigenvalue weighted by Crippen LogP contribution is -2.27. The molecule has 0 saturated heterocycles. The second-order valence-corrected chi connectivity index (χ2v) is 7.36. The number of rotatable bonds is 6. The molecule has 0 amide bonds. The molecule has 1 fully saturated rings. The molecule has 0 bridgehead atoms. The lowest BCUT2D eigenvalue weighted by molar-refractivity contribution is 0.725. The molecule has 112 valence electrons. The van der Waals surface area contributed by atoms with E-state index in [2.05, 4.69) is 41.5 Å². The van der Waals surface area contributed by atoms with Crippen molar-refractivity contribution < 1.29 is 0 Å². The second-order valence-electron chi connectivity index (χ2n) is 5.89. The Morgan fingerprint density at radius 1 is 1.38 bits per heavy atom. The van der Waals surface area contributed by atoms with Crippen molar-refractivity contribution in [1.29, 1.82) is 0 Å². The number of nitrogens with two attached hydrogens (primary N) is 1. The maximum Gasteiger partial charge on any atom is 0.0526 e. The van der Waals surface area contributed by atoms with Crippen LogP contribution in [0.5, 0.6) is 0 Å². The number of halogens is 1. The standard InChI is InChI=1S/C17H21ClN2S/c1-12(19)9-13-4-5-14(18)10-17(13)20(15-6-7-15)11-16-3-2-8-21-16/h2-5,8,10,12,15H,6-7,9,11,19H2,1H3. The average Bonchev–Trinajstić information content (AvgIpc) is 3.15. The van der Waals surface area contributed by atoms with Crippen LogP contribution in [0, 0.1) is 0 Å². The molecular formula is C17H21ClN2S. The molecule has 2 nitrogen and oxygen atoms in total. The molecule has 0 radical (unpaired) electrons. The Bertz CT molecular complexity index is 591. The second kappa shape index (κ2) is 6.39. The van der Waals surface area contributed by atoms with Crippen LogP contribution in [0.3, 0.4) is 0 Å². The Morgan fingerprint density at radius 3 is 2.81 bits per heavy atom. The van der Waals surface area contributed by atoms with Crippen LogP contribution in [0.4, 0.5) is 5.69 Å². The van der Waals surface area contributed by atoms with E-state index in [4.69, 9.17) is 17.3 Å². The van der Waals surface area contributed by atoms with Gasteiger partial charge in [0.25, 0.3) is 0 Å². The van der Waals surface area contributed by atoms with Crippen molar-refractivity contribution in [3.05, 3.63) is 51.2 Å². The highest BCUT2D eigenvalue weighted by Crippen LogP contribution is 2.37. The number of thiophene rings is 1. The third-order valence-electron chi connectivity index (χ3n) is 3.79. The normalized spacial score (nSPS) is 16.0. The predicted molar refractivity (Wildman–Crippen MR) is 92.3 cm³/mol. The lowest BCUT2D eigenvalue weighted by atomic mass is 10.0. The average molecular weight is 321 g/mol. The summed E-state index contributed by atoms with van der Waals surface area (Å²) in [5.74, 6) is 0. The first-order chi connectivity index (χ1) is 10.1. The summed E-state index contributed by atoms with van der Waals surface area (Å²) in [4.78, 5) is 3.91. The molecule has 1 unspecified atom stereocenters. The Balaban J connectivity index is 1.92. The molecule has 1 aliphatic rings. The number of nitrogens with zero attached hydrogens (tertiary/aromatic N) is 1. The summed E-state index contributed by atoms with van der Waals surface area (Å²) in [6.07, 6.45) is 3.44. The van der Waals surface area contributed by atoms with Crippen LogP contribution in [0.1, 0.15) is 30.2 Å². The minimum Gasteiger partial charge on any atom is -0.363 e. The smallest absolute Gasteiger partial charge is 0.0526 e. The van der Waals surface area contributed by atoms with Crippen molar-refractivity contribution in [2.24, 2.45) is 5.73 Å².